The molecular weight excluding hydrogens is 228 g/mol. The minimum atomic E-state index is -0.437. The fraction of sp³-hybridized carbons (Fsp3) is 0.357. The smallest absolute Gasteiger partial charge is 0.119 e. The number of aryl methyl sites for hydroxylation is 1. The molecule has 18 heavy (non-hydrogen) atoms. The number of aliphatic hydroxyl groups is 1. The van der Waals surface area contributed by atoms with Crippen LogP contribution in [0.4, 0.5) is 0 Å². The van der Waals surface area contributed by atoms with Crippen LogP contribution in [0.2, 0.25) is 0 Å². The largest absolute Gasteiger partial charge is 0.492 e. The Bertz CT molecular complexity index is 489. The van der Waals surface area contributed by atoms with Gasteiger partial charge in [0, 0.05) is 12.4 Å². The quantitative estimate of drug-likeness (QED) is 0.880. The van der Waals surface area contributed by atoms with Crippen LogP contribution in [-0.2, 0) is 6.54 Å². The summed E-state index contributed by atoms with van der Waals surface area (Å²) in [5, 5.41) is 9.40. The maximum atomic E-state index is 9.40. The maximum absolute atomic E-state index is 9.40. The van der Waals surface area contributed by atoms with Crippen LogP contribution in [0.1, 0.15) is 24.4 Å². The van der Waals surface area contributed by atoms with Gasteiger partial charge in [-0.3, -0.25) is 0 Å². The summed E-state index contributed by atoms with van der Waals surface area (Å²) in [6.07, 6.45) is 3.29. The van der Waals surface area contributed by atoms with E-state index in [9.17, 15) is 5.11 Å². The lowest BCUT2D eigenvalue weighted by atomic mass is 10.1. The molecule has 0 saturated carbocycles. The molecule has 1 N–H and O–H groups in total. The lowest BCUT2D eigenvalue weighted by Gasteiger charge is -2.09. The van der Waals surface area contributed by atoms with E-state index in [1.54, 1.807) is 13.1 Å². The third kappa shape index (κ3) is 3.11. The Balaban J connectivity index is 1.85. The van der Waals surface area contributed by atoms with Gasteiger partial charge in [-0.15, -0.1) is 0 Å². The zero-order valence-corrected chi connectivity index (χ0v) is 10.7. The first-order valence-corrected chi connectivity index (χ1v) is 6.05. The van der Waals surface area contributed by atoms with Gasteiger partial charge in [-0.1, -0.05) is 12.1 Å². The summed E-state index contributed by atoms with van der Waals surface area (Å²) in [4.78, 5) is 4.15. The number of aromatic nitrogens is 2. The summed E-state index contributed by atoms with van der Waals surface area (Å²) in [5.41, 5.74) is 0.896. The molecule has 0 radical (unpaired) electrons. The van der Waals surface area contributed by atoms with Crippen molar-refractivity contribution >= 4 is 0 Å². The van der Waals surface area contributed by atoms with Gasteiger partial charge in [0.05, 0.1) is 12.6 Å². The molecule has 0 aliphatic heterocycles. The van der Waals surface area contributed by atoms with Crippen LogP contribution < -0.4 is 4.74 Å². The second-order valence-electron chi connectivity index (χ2n) is 4.26. The number of hydrogen-bond acceptors (Lipinski definition) is 3. The van der Waals surface area contributed by atoms with Gasteiger partial charge in [0.15, 0.2) is 0 Å². The van der Waals surface area contributed by atoms with Crippen LogP contribution in [0.5, 0.6) is 5.75 Å². The molecular formula is C14H18N2O2. The Hall–Kier alpha value is -1.81. The average Bonchev–Trinajstić information content (AvgIpc) is 2.76. The number of imidazole rings is 1. The van der Waals surface area contributed by atoms with Gasteiger partial charge < -0.3 is 14.4 Å². The van der Waals surface area contributed by atoms with Gasteiger partial charge in [-0.05, 0) is 31.5 Å². The Morgan fingerprint density at radius 1 is 1.33 bits per heavy atom. The minimum Gasteiger partial charge on any atom is -0.492 e. The third-order valence-electron chi connectivity index (χ3n) is 2.89. The molecule has 2 aromatic rings. The number of ether oxygens (including phenoxy) is 1. The number of nitrogens with zero attached hydrogens (tertiary/aromatic N) is 2. The third-order valence-corrected chi connectivity index (χ3v) is 2.89. The van der Waals surface area contributed by atoms with Crippen LogP contribution in [0.3, 0.4) is 0 Å². The minimum absolute atomic E-state index is 0.437. The highest BCUT2D eigenvalue weighted by molar-refractivity contribution is 5.28. The Morgan fingerprint density at radius 2 is 2.06 bits per heavy atom. The highest BCUT2D eigenvalue weighted by Gasteiger charge is 2.01. The van der Waals surface area contributed by atoms with E-state index in [1.165, 1.54) is 0 Å². The fourth-order valence-electron chi connectivity index (χ4n) is 1.74. The Labute approximate surface area is 107 Å². The standard InChI is InChI=1S/C14H18N2O2/c1-11(17)13-3-5-14(6-4-13)18-10-9-16-8-7-15-12(16)2/h3-8,11,17H,9-10H2,1-2H3/t11-/m1/s1. The molecule has 0 saturated heterocycles. The van der Waals surface area contributed by atoms with Crippen molar-refractivity contribution < 1.29 is 9.84 Å². The molecule has 1 heterocycles. The first kappa shape index (κ1) is 12.6. The number of rotatable bonds is 5. The monoisotopic (exact) mass is 246 g/mol. The molecule has 4 heteroatoms. The van der Waals surface area contributed by atoms with E-state index >= 15 is 0 Å². The summed E-state index contributed by atoms with van der Waals surface area (Å²) in [7, 11) is 0. The second-order valence-corrected chi connectivity index (χ2v) is 4.26. The van der Waals surface area contributed by atoms with E-state index in [2.05, 4.69) is 4.98 Å². The molecule has 0 aliphatic rings. The highest BCUT2D eigenvalue weighted by Crippen LogP contribution is 2.17. The summed E-state index contributed by atoms with van der Waals surface area (Å²) >= 11 is 0. The van der Waals surface area contributed by atoms with Crippen LogP contribution in [0.15, 0.2) is 36.7 Å². The summed E-state index contributed by atoms with van der Waals surface area (Å²) in [6, 6.07) is 7.51. The van der Waals surface area contributed by atoms with Gasteiger partial charge in [-0.25, -0.2) is 4.98 Å². The van der Waals surface area contributed by atoms with Crippen molar-refractivity contribution in [1.82, 2.24) is 9.55 Å². The van der Waals surface area contributed by atoms with Crippen LogP contribution in [0, 0.1) is 6.92 Å². The van der Waals surface area contributed by atoms with Gasteiger partial charge in [0.25, 0.3) is 0 Å². The van der Waals surface area contributed by atoms with Gasteiger partial charge in [0.1, 0.15) is 18.2 Å². The lowest BCUT2D eigenvalue weighted by Crippen LogP contribution is -2.08. The lowest BCUT2D eigenvalue weighted by molar-refractivity contribution is 0.199. The number of benzene rings is 1. The molecule has 96 valence electrons. The zero-order chi connectivity index (χ0) is 13.0. The molecule has 0 bridgehead atoms. The number of aliphatic hydroxyl groups excluding tert-OH is 1. The fourth-order valence-corrected chi connectivity index (χ4v) is 1.74. The zero-order valence-electron chi connectivity index (χ0n) is 10.7. The van der Waals surface area contributed by atoms with Crippen molar-refractivity contribution in [2.24, 2.45) is 0 Å². The van der Waals surface area contributed by atoms with E-state index in [0.717, 1.165) is 23.7 Å². The van der Waals surface area contributed by atoms with Gasteiger partial charge in [-0.2, -0.15) is 0 Å². The summed E-state index contributed by atoms with van der Waals surface area (Å²) in [5.74, 6) is 1.81. The molecule has 1 atom stereocenters. The van der Waals surface area contributed by atoms with Crippen LogP contribution >= 0.6 is 0 Å². The number of hydrogen-bond donors (Lipinski definition) is 1. The normalized spacial score (nSPS) is 12.4. The Morgan fingerprint density at radius 3 is 2.61 bits per heavy atom. The van der Waals surface area contributed by atoms with Crippen molar-refractivity contribution in [3.8, 4) is 5.75 Å². The summed E-state index contributed by atoms with van der Waals surface area (Å²) in [6.45, 7) is 5.10. The maximum Gasteiger partial charge on any atom is 0.119 e. The average molecular weight is 246 g/mol. The molecule has 1 aromatic carbocycles. The van der Waals surface area contributed by atoms with E-state index in [1.807, 2.05) is 42.0 Å². The van der Waals surface area contributed by atoms with E-state index in [0.29, 0.717) is 6.61 Å². The van der Waals surface area contributed by atoms with Crippen molar-refractivity contribution in [2.45, 2.75) is 26.5 Å². The van der Waals surface area contributed by atoms with Gasteiger partial charge >= 0.3 is 0 Å². The second kappa shape index (κ2) is 5.69. The molecule has 4 nitrogen and oxygen atoms in total. The molecule has 0 spiro atoms. The summed E-state index contributed by atoms with van der Waals surface area (Å²) < 4.78 is 7.68. The van der Waals surface area contributed by atoms with Crippen molar-refractivity contribution in [1.29, 1.82) is 0 Å². The molecule has 0 aliphatic carbocycles. The van der Waals surface area contributed by atoms with Crippen molar-refractivity contribution in [3.05, 3.63) is 48.0 Å². The topological polar surface area (TPSA) is 47.3 Å². The molecule has 0 fully saturated rings. The van der Waals surface area contributed by atoms with E-state index < -0.39 is 6.10 Å². The molecule has 0 unspecified atom stereocenters. The Kier molecular flexibility index (Phi) is 3.99. The van der Waals surface area contributed by atoms with Crippen molar-refractivity contribution in [3.63, 3.8) is 0 Å². The SMILES string of the molecule is Cc1nccn1CCOc1ccc([C@@H](C)O)cc1. The van der Waals surface area contributed by atoms with Gasteiger partial charge in [0.2, 0.25) is 0 Å². The van der Waals surface area contributed by atoms with E-state index in [-0.39, 0.29) is 0 Å². The first-order chi connectivity index (χ1) is 8.66. The first-order valence-electron chi connectivity index (χ1n) is 6.05. The molecule has 1 aromatic heterocycles. The van der Waals surface area contributed by atoms with Crippen LogP contribution in [0.25, 0.3) is 0 Å². The molecule has 0 amide bonds. The van der Waals surface area contributed by atoms with Crippen LogP contribution in [-0.4, -0.2) is 21.3 Å². The molecule has 2 rings (SSSR count). The van der Waals surface area contributed by atoms with E-state index in [4.69, 9.17) is 4.74 Å². The van der Waals surface area contributed by atoms with Crippen molar-refractivity contribution in [2.75, 3.05) is 6.61 Å². The predicted molar refractivity (Wildman–Crippen MR) is 69.5 cm³/mol. The highest BCUT2D eigenvalue weighted by atomic mass is 16.5. The predicted octanol–water partition coefficient (Wildman–Crippen LogP) is 2.32.